The van der Waals surface area contributed by atoms with E-state index in [1.165, 1.54) is 5.56 Å². The zero-order valence-electron chi connectivity index (χ0n) is 15.9. The van der Waals surface area contributed by atoms with Crippen molar-refractivity contribution < 1.29 is 17.4 Å². The highest BCUT2D eigenvalue weighted by Gasteiger charge is 2.28. The van der Waals surface area contributed by atoms with Crippen LogP contribution in [0.1, 0.15) is 21.5 Å². The predicted octanol–water partition coefficient (Wildman–Crippen LogP) is 2.48. The van der Waals surface area contributed by atoms with Gasteiger partial charge in [-0.15, -0.1) is 0 Å². The predicted molar refractivity (Wildman–Crippen MR) is 108 cm³/mol. The normalized spacial score (nSPS) is 13.8. The molecule has 0 aliphatic carbocycles. The number of amides is 1. The summed E-state index contributed by atoms with van der Waals surface area (Å²) in [6.45, 7) is 1.08. The maximum atomic E-state index is 12.4. The van der Waals surface area contributed by atoms with Crippen LogP contribution in [-0.4, -0.2) is 44.6 Å². The summed E-state index contributed by atoms with van der Waals surface area (Å²) < 4.78 is 28.1. The van der Waals surface area contributed by atoms with Gasteiger partial charge in [-0.25, -0.2) is 0 Å². The molecule has 0 radical (unpaired) electrons. The Labute approximate surface area is 163 Å². The zero-order valence-corrected chi connectivity index (χ0v) is 16.7. The van der Waals surface area contributed by atoms with Crippen LogP contribution < -0.4 is 9.50 Å². The number of carbonyl (C=O) groups is 1. The number of benzene rings is 2. The summed E-state index contributed by atoms with van der Waals surface area (Å²) in [7, 11) is 0.365. The van der Waals surface area contributed by atoms with Gasteiger partial charge in [-0.3, -0.25) is 4.79 Å². The number of aromatic nitrogens is 1. The van der Waals surface area contributed by atoms with Crippen LogP contribution in [0.4, 0.5) is 0 Å². The Balaban J connectivity index is 1.81. The molecule has 0 saturated heterocycles. The second-order valence-corrected chi connectivity index (χ2v) is 8.85. The Bertz CT molecular complexity index is 1200. The lowest BCUT2D eigenvalue weighted by Gasteiger charge is -2.10. The third-order valence-corrected chi connectivity index (χ3v) is 5.12. The minimum atomic E-state index is -3.68. The zero-order chi connectivity index (χ0) is 20.1. The largest absolute Gasteiger partial charge is 0.382 e. The summed E-state index contributed by atoms with van der Waals surface area (Å²) in [5.41, 5.74) is 4.69. The lowest BCUT2D eigenvalue weighted by molar-refractivity contribution is 0.0966. The monoisotopic (exact) mass is 399 g/mol. The highest BCUT2D eigenvalue weighted by Crippen LogP contribution is 2.36. The summed E-state index contributed by atoms with van der Waals surface area (Å²) >= 11 is 0. The van der Waals surface area contributed by atoms with E-state index in [1.54, 1.807) is 12.1 Å². The topological polar surface area (TPSA) is 91.5 Å². The number of hydrogen-bond donors (Lipinski definition) is 2. The van der Waals surface area contributed by atoms with Crippen molar-refractivity contribution in [3.8, 4) is 17.0 Å². The third kappa shape index (κ3) is 3.48. The van der Waals surface area contributed by atoms with E-state index in [-0.39, 0.29) is 18.2 Å². The molecule has 3 aromatic rings. The molecule has 2 N–H and O–H groups in total. The van der Waals surface area contributed by atoms with Crippen LogP contribution >= 0.6 is 0 Å². The molecule has 0 spiro atoms. The summed E-state index contributed by atoms with van der Waals surface area (Å²) in [4.78, 5) is 17.9. The molecule has 8 heteroatoms. The highest BCUT2D eigenvalue weighted by molar-refractivity contribution is 7.86. The number of fused-ring (bicyclic) bond motifs is 2. The van der Waals surface area contributed by atoms with Gasteiger partial charge in [0.25, 0.3) is 5.91 Å². The van der Waals surface area contributed by atoms with Crippen LogP contribution in [0, 0.1) is 0 Å². The van der Waals surface area contributed by atoms with Gasteiger partial charge in [0.2, 0.25) is 0 Å². The number of carbonyl (C=O) groups excluding carboxylic acids is 1. The Morgan fingerprint density at radius 3 is 2.64 bits per heavy atom. The quantitative estimate of drug-likeness (QED) is 0.643. The lowest BCUT2D eigenvalue weighted by Crippen LogP contribution is -2.13. The fourth-order valence-corrected chi connectivity index (χ4v) is 4.06. The van der Waals surface area contributed by atoms with Crippen molar-refractivity contribution in [3.63, 3.8) is 0 Å². The van der Waals surface area contributed by atoms with Crippen molar-refractivity contribution in [3.05, 3.63) is 53.1 Å². The van der Waals surface area contributed by atoms with Crippen molar-refractivity contribution in [1.29, 1.82) is 0 Å². The molecule has 146 valence electrons. The van der Waals surface area contributed by atoms with Crippen molar-refractivity contribution in [2.75, 3.05) is 20.4 Å². The van der Waals surface area contributed by atoms with Crippen molar-refractivity contribution in [2.24, 2.45) is 0 Å². The SMILES string of the molecule is CN(C)Cc1ccc2[nH]c(-c3ccc(OS(C)(=O)=O)c4c3C(=O)NC4)cc2c1. The number of H-pyrrole nitrogens is 1. The van der Waals surface area contributed by atoms with Gasteiger partial charge in [0.1, 0.15) is 5.75 Å². The molecular weight excluding hydrogens is 378 g/mol. The van der Waals surface area contributed by atoms with Gasteiger partial charge in [0.15, 0.2) is 0 Å². The number of aromatic amines is 1. The molecule has 4 rings (SSSR count). The van der Waals surface area contributed by atoms with E-state index in [0.29, 0.717) is 11.1 Å². The van der Waals surface area contributed by atoms with Gasteiger partial charge in [0, 0.05) is 40.8 Å². The van der Waals surface area contributed by atoms with Crippen LogP contribution in [0.15, 0.2) is 36.4 Å². The minimum Gasteiger partial charge on any atom is -0.382 e. The fraction of sp³-hybridized carbons (Fsp3) is 0.250. The van der Waals surface area contributed by atoms with E-state index in [0.717, 1.165) is 35.0 Å². The molecule has 2 aromatic carbocycles. The number of hydrogen-bond acceptors (Lipinski definition) is 5. The van der Waals surface area contributed by atoms with E-state index in [1.807, 2.05) is 26.2 Å². The van der Waals surface area contributed by atoms with Crippen LogP contribution in [0.25, 0.3) is 22.2 Å². The van der Waals surface area contributed by atoms with E-state index >= 15 is 0 Å². The number of nitrogens with zero attached hydrogens (tertiary/aromatic N) is 1. The Kier molecular flexibility index (Phi) is 4.40. The molecule has 1 aromatic heterocycles. The van der Waals surface area contributed by atoms with Gasteiger partial charge >= 0.3 is 10.1 Å². The molecule has 0 fully saturated rings. The smallest absolute Gasteiger partial charge is 0.306 e. The van der Waals surface area contributed by atoms with E-state index in [2.05, 4.69) is 27.3 Å². The number of nitrogens with one attached hydrogen (secondary N) is 2. The summed E-state index contributed by atoms with van der Waals surface area (Å²) in [6.07, 6.45) is 0.987. The van der Waals surface area contributed by atoms with Crippen molar-refractivity contribution in [2.45, 2.75) is 13.1 Å². The molecule has 1 amide bonds. The molecular formula is C20H21N3O4S. The standard InChI is InChI=1S/C20H21N3O4S/c1-23(2)11-12-4-6-16-13(8-12)9-17(22-16)14-5-7-18(27-28(3,25)26)15-10-21-20(24)19(14)15/h4-9,22H,10-11H2,1-3H3,(H,21,24). The molecule has 2 heterocycles. The Morgan fingerprint density at radius 1 is 1.14 bits per heavy atom. The van der Waals surface area contributed by atoms with E-state index in [4.69, 9.17) is 4.18 Å². The molecule has 0 saturated carbocycles. The van der Waals surface area contributed by atoms with Crippen LogP contribution in [0.2, 0.25) is 0 Å². The molecule has 7 nitrogen and oxygen atoms in total. The fourth-order valence-electron chi connectivity index (χ4n) is 3.58. The van der Waals surface area contributed by atoms with Crippen LogP contribution in [-0.2, 0) is 23.2 Å². The second kappa shape index (κ2) is 6.65. The van der Waals surface area contributed by atoms with Gasteiger partial charge in [-0.1, -0.05) is 6.07 Å². The molecule has 0 bridgehead atoms. The lowest BCUT2D eigenvalue weighted by atomic mass is 9.99. The summed E-state index contributed by atoms with van der Waals surface area (Å²) in [5, 5.41) is 3.81. The summed E-state index contributed by atoms with van der Waals surface area (Å²) in [5.74, 6) is -0.0557. The average Bonchev–Trinajstić information content (AvgIpc) is 3.17. The minimum absolute atomic E-state index is 0.184. The van der Waals surface area contributed by atoms with E-state index < -0.39 is 10.1 Å². The third-order valence-electron chi connectivity index (χ3n) is 4.64. The van der Waals surface area contributed by atoms with Gasteiger partial charge in [-0.2, -0.15) is 8.42 Å². The van der Waals surface area contributed by atoms with Gasteiger partial charge < -0.3 is 19.4 Å². The van der Waals surface area contributed by atoms with Crippen LogP contribution in [0.5, 0.6) is 5.75 Å². The maximum Gasteiger partial charge on any atom is 0.306 e. The first-order valence-corrected chi connectivity index (χ1v) is 10.6. The van der Waals surface area contributed by atoms with Crippen LogP contribution in [0.3, 0.4) is 0 Å². The Morgan fingerprint density at radius 2 is 1.93 bits per heavy atom. The molecule has 1 aliphatic rings. The Hall–Kier alpha value is -2.84. The van der Waals surface area contributed by atoms with Gasteiger partial charge in [0.05, 0.1) is 11.8 Å². The van der Waals surface area contributed by atoms with Gasteiger partial charge in [-0.05, 0) is 50.0 Å². The first kappa shape index (κ1) is 18.5. The average molecular weight is 399 g/mol. The first-order chi connectivity index (χ1) is 13.2. The molecule has 28 heavy (non-hydrogen) atoms. The van der Waals surface area contributed by atoms with Crippen molar-refractivity contribution >= 4 is 26.9 Å². The maximum absolute atomic E-state index is 12.4. The molecule has 0 atom stereocenters. The number of rotatable bonds is 5. The summed E-state index contributed by atoms with van der Waals surface area (Å²) in [6, 6.07) is 11.5. The first-order valence-electron chi connectivity index (χ1n) is 8.81. The van der Waals surface area contributed by atoms with E-state index in [9.17, 15) is 13.2 Å². The molecule has 0 unspecified atom stereocenters. The highest BCUT2D eigenvalue weighted by atomic mass is 32.2. The van der Waals surface area contributed by atoms with Crippen molar-refractivity contribution in [1.82, 2.24) is 15.2 Å². The second-order valence-electron chi connectivity index (χ2n) is 7.28. The molecule has 1 aliphatic heterocycles.